The third-order valence-corrected chi connectivity index (χ3v) is 4.74. The van der Waals surface area contributed by atoms with Crippen molar-refractivity contribution < 1.29 is 4.39 Å². The maximum absolute atomic E-state index is 12.3. The summed E-state index contributed by atoms with van der Waals surface area (Å²) in [6, 6.07) is 6.30. The van der Waals surface area contributed by atoms with Crippen LogP contribution in [0.25, 0.3) is 21.9 Å². The van der Waals surface area contributed by atoms with Crippen LogP contribution in [0.15, 0.2) is 24.5 Å². The van der Waals surface area contributed by atoms with Crippen LogP contribution in [0.1, 0.15) is 18.5 Å². The van der Waals surface area contributed by atoms with E-state index in [9.17, 15) is 4.39 Å². The average molecular weight is 338 g/mol. The number of H-pyrrole nitrogens is 1. The number of aromatic amines is 1. The van der Waals surface area contributed by atoms with Crippen molar-refractivity contribution in [2.45, 2.75) is 18.9 Å². The Kier molecular flexibility index (Phi) is 4.20. The van der Waals surface area contributed by atoms with E-state index >= 15 is 0 Å². The monoisotopic (exact) mass is 338 g/mol. The molecule has 3 aromatic rings. The largest absolute Gasteiger partial charge is 0.369 e. The zero-order chi connectivity index (χ0) is 17.2. The molecule has 1 saturated heterocycles. The second-order valence-electron chi connectivity index (χ2n) is 6.33. The fourth-order valence-electron chi connectivity index (χ4n) is 3.54. The van der Waals surface area contributed by atoms with Gasteiger partial charge in [-0.25, -0.2) is 9.97 Å². The van der Waals surface area contributed by atoms with Crippen LogP contribution in [0.3, 0.4) is 0 Å². The lowest BCUT2D eigenvalue weighted by Gasteiger charge is -2.20. The molecule has 128 valence electrons. The van der Waals surface area contributed by atoms with Crippen LogP contribution in [0.5, 0.6) is 0 Å². The van der Waals surface area contributed by atoms with E-state index in [-0.39, 0.29) is 6.67 Å². The van der Waals surface area contributed by atoms with Crippen LogP contribution in [-0.4, -0.2) is 47.3 Å². The van der Waals surface area contributed by atoms with Gasteiger partial charge in [0.2, 0.25) is 0 Å². The van der Waals surface area contributed by atoms with Crippen molar-refractivity contribution in [3.05, 3.63) is 30.2 Å². The molecule has 0 amide bonds. The number of nitrogens with one attached hydrogen (secondary N) is 2. The van der Waals surface area contributed by atoms with E-state index in [1.165, 1.54) is 0 Å². The maximum atomic E-state index is 12.3. The summed E-state index contributed by atoms with van der Waals surface area (Å²) in [4.78, 5) is 14.2. The fourth-order valence-corrected chi connectivity index (χ4v) is 3.54. The second-order valence-corrected chi connectivity index (χ2v) is 6.33. The van der Waals surface area contributed by atoms with Crippen molar-refractivity contribution in [1.82, 2.24) is 20.3 Å². The van der Waals surface area contributed by atoms with E-state index in [1.807, 2.05) is 12.1 Å². The Balaban J connectivity index is 1.69. The molecule has 1 aliphatic heterocycles. The van der Waals surface area contributed by atoms with Gasteiger partial charge in [-0.3, -0.25) is 4.39 Å². The van der Waals surface area contributed by atoms with Crippen molar-refractivity contribution in [2.24, 2.45) is 0 Å². The number of halogens is 1. The standard InChI is InChI=1S/C18H19FN6/c19-4-1-5-21-12-3-7-25(11-12)16-2-6-22-18-17(16)14-8-13(9-20)23-10-15(14)24-18/h2,6,8,10,12,21H,1,3-5,7,11H2,(H,22,24)/t12-/m0/s1. The average Bonchev–Trinajstić information content (AvgIpc) is 3.25. The molecule has 7 heteroatoms. The van der Waals surface area contributed by atoms with Gasteiger partial charge in [-0.05, 0) is 31.5 Å². The Bertz CT molecular complexity index is 944. The number of alkyl halides is 1. The second kappa shape index (κ2) is 6.65. The number of fused-ring (bicyclic) bond motifs is 3. The summed E-state index contributed by atoms with van der Waals surface area (Å²) in [6.07, 6.45) is 5.08. The van der Waals surface area contributed by atoms with Gasteiger partial charge < -0.3 is 15.2 Å². The molecule has 0 bridgehead atoms. The Hall–Kier alpha value is -2.72. The Morgan fingerprint density at radius 3 is 3.20 bits per heavy atom. The Morgan fingerprint density at radius 1 is 1.44 bits per heavy atom. The van der Waals surface area contributed by atoms with Gasteiger partial charge in [0.05, 0.1) is 23.8 Å². The fraction of sp³-hybridized carbons (Fsp3) is 0.389. The summed E-state index contributed by atoms with van der Waals surface area (Å²) in [7, 11) is 0. The van der Waals surface area contributed by atoms with Crippen molar-refractivity contribution >= 4 is 27.6 Å². The van der Waals surface area contributed by atoms with Crippen LogP contribution >= 0.6 is 0 Å². The van der Waals surface area contributed by atoms with Gasteiger partial charge >= 0.3 is 0 Å². The van der Waals surface area contributed by atoms with E-state index in [4.69, 9.17) is 5.26 Å². The summed E-state index contributed by atoms with van der Waals surface area (Å²) in [6.45, 7) is 2.26. The van der Waals surface area contributed by atoms with E-state index in [0.29, 0.717) is 24.7 Å². The van der Waals surface area contributed by atoms with E-state index < -0.39 is 0 Å². The van der Waals surface area contributed by atoms with Crippen LogP contribution in [0.2, 0.25) is 0 Å². The molecule has 1 atom stereocenters. The van der Waals surface area contributed by atoms with E-state index in [1.54, 1.807) is 12.4 Å². The number of hydrogen-bond acceptors (Lipinski definition) is 5. The number of nitrogens with zero attached hydrogens (tertiary/aromatic N) is 4. The molecule has 0 aromatic carbocycles. The Labute approximate surface area is 144 Å². The minimum absolute atomic E-state index is 0.279. The summed E-state index contributed by atoms with van der Waals surface area (Å²) >= 11 is 0. The zero-order valence-corrected chi connectivity index (χ0v) is 13.8. The molecule has 3 aromatic heterocycles. The topological polar surface area (TPSA) is 80.6 Å². The first kappa shape index (κ1) is 15.8. The highest BCUT2D eigenvalue weighted by atomic mass is 19.1. The highest BCUT2D eigenvalue weighted by Gasteiger charge is 2.24. The minimum Gasteiger partial charge on any atom is -0.369 e. The van der Waals surface area contributed by atoms with Gasteiger partial charge in [-0.2, -0.15) is 5.26 Å². The van der Waals surface area contributed by atoms with E-state index in [0.717, 1.165) is 47.1 Å². The molecule has 0 aliphatic carbocycles. The minimum atomic E-state index is -0.279. The first-order valence-electron chi connectivity index (χ1n) is 8.51. The van der Waals surface area contributed by atoms with Gasteiger partial charge in [0.15, 0.2) is 0 Å². The lowest BCUT2D eigenvalue weighted by Crippen LogP contribution is -2.33. The molecule has 0 radical (unpaired) electrons. The highest BCUT2D eigenvalue weighted by molar-refractivity contribution is 6.12. The van der Waals surface area contributed by atoms with Crippen molar-refractivity contribution in [2.75, 3.05) is 31.2 Å². The number of rotatable bonds is 5. The summed E-state index contributed by atoms with van der Waals surface area (Å²) in [5.74, 6) is 0. The van der Waals surface area contributed by atoms with Gasteiger partial charge in [0.25, 0.3) is 0 Å². The molecule has 2 N–H and O–H groups in total. The van der Waals surface area contributed by atoms with Crippen molar-refractivity contribution in [1.29, 1.82) is 5.26 Å². The number of hydrogen-bond donors (Lipinski definition) is 2. The van der Waals surface area contributed by atoms with Crippen LogP contribution < -0.4 is 10.2 Å². The molecule has 4 heterocycles. The third kappa shape index (κ3) is 2.89. The predicted octanol–water partition coefficient (Wildman–Crippen LogP) is 2.51. The van der Waals surface area contributed by atoms with Crippen molar-refractivity contribution in [3.63, 3.8) is 0 Å². The molecule has 0 spiro atoms. The molecule has 4 rings (SSSR count). The molecular weight excluding hydrogens is 319 g/mol. The molecule has 0 saturated carbocycles. The Morgan fingerprint density at radius 2 is 2.36 bits per heavy atom. The SMILES string of the molecule is N#Cc1cc2c(cn1)[nH]c1nccc(N3CC[C@H](NCCCF)C3)c12. The molecular formula is C18H19FN6. The van der Waals surface area contributed by atoms with Gasteiger partial charge in [0, 0.05) is 36.4 Å². The number of anilines is 1. The number of pyridine rings is 2. The smallest absolute Gasteiger partial charge is 0.141 e. The van der Waals surface area contributed by atoms with Crippen LogP contribution in [0, 0.1) is 11.3 Å². The van der Waals surface area contributed by atoms with Crippen molar-refractivity contribution in [3.8, 4) is 6.07 Å². The summed E-state index contributed by atoms with van der Waals surface area (Å²) in [5.41, 5.74) is 3.19. The normalized spacial score (nSPS) is 17.4. The number of nitriles is 1. The van der Waals surface area contributed by atoms with Gasteiger partial charge in [-0.1, -0.05) is 0 Å². The zero-order valence-electron chi connectivity index (χ0n) is 13.8. The predicted molar refractivity (Wildman–Crippen MR) is 95.3 cm³/mol. The molecule has 25 heavy (non-hydrogen) atoms. The summed E-state index contributed by atoms with van der Waals surface area (Å²) in [5, 5.41) is 14.6. The molecule has 0 unspecified atom stereocenters. The molecule has 6 nitrogen and oxygen atoms in total. The van der Waals surface area contributed by atoms with Gasteiger partial charge in [-0.15, -0.1) is 0 Å². The first-order valence-corrected chi connectivity index (χ1v) is 8.51. The maximum Gasteiger partial charge on any atom is 0.141 e. The first-order chi connectivity index (χ1) is 12.3. The van der Waals surface area contributed by atoms with Gasteiger partial charge in [0.1, 0.15) is 17.4 Å². The lowest BCUT2D eigenvalue weighted by atomic mass is 10.1. The van der Waals surface area contributed by atoms with Crippen LogP contribution in [-0.2, 0) is 0 Å². The van der Waals surface area contributed by atoms with E-state index in [2.05, 4.69) is 31.2 Å². The molecule has 1 aliphatic rings. The quantitative estimate of drug-likeness (QED) is 0.699. The molecule has 1 fully saturated rings. The highest BCUT2D eigenvalue weighted by Crippen LogP contribution is 2.34. The number of aromatic nitrogens is 3. The summed E-state index contributed by atoms with van der Waals surface area (Å²) < 4.78 is 12.3. The lowest BCUT2D eigenvalue weighted by molar-refractivity contribution is 0.443. The van der Waals surface area contributed by atoms with Crippen LogP contribution in [0.4, 0.5) is 10.1 Å². The third-order valence-electron chi connectivity index (χ3n) is 4.74.